The van der Waals surface area contributed by atoms with Crippen LogP contribution in [0.15, 0.2) is 53.6 Å². The molecule has 3 rings (SSSR count). The molecule has 0 fully saturated rings. The molecule has 3 nitrogen and oxygen atoms in total. The van der Waals surface area contributed by atoms with Gasteiger partial charge in [-0.25, -0.2) is 4.98 Å². The molecule has 0 saturated carbocycles. The fraction of sp³-hybridized carbons (Fsp3) is 0. The van der Waals surface area contributed by atoms with E-state index in [0.29, 0.717) is 15.9 Å². The third-order valence-electron chi connectivity index (χ3n) is 2.83. The molecule has 0 radical (unpaired) electrons. The van der Waals surface area contributed by atoms with Gasteiger partial charge >= 0.3 is 0 Å². The zero-order valence-electron chi connectivity index (χ0n) is 9.35. The summed E-state index contributed by atoms with van der Waals surface area (Å²) < 4.78 is 0. The first-order chi connectivity index (χ1) is 8.75. The number of nitrogens with zero attached hydrogens (tertiary/aromatic N) is 1. The van der Waals surface area contributed by atoms with Gasteiger partial charge in [0.1, 0.15) is 0 Å². The van der Waals surface area contributed by atoms with Crippen LogP contribution in [0, 0.1) is 0 Å². The maximum absolute atomic E-state index is 11.6. The Morgan fingerprint density at radius 2 is 1.94 bits per heavy atom. The Balaban J connectivity index is 2.27. The van der Waals surface area contributed by atoms with E-state index in [-0.39, 0.29) is 5.56 Å². The zero-order valence-corrected chi connectivity index (χ0v) is 10.1. The first-order valence-electron chi connectivity index (χ1n) is 5.48. The highest BCUT2D eigenvalue weighted by Crippen LogP contribution is 2.28. The van der Waals surface area contributed by atoms with Crippen molar-refractivity contribution in [3.05, 3.63) is 64.2 Å². The third-order valence-corrected chi connectivity index (χ3v) is 3.16. The summed E-state index contributed by atoms with van der Waals surface area (Å²) >= 11 is 6.15. The van der Waals surface area contributed by atoms with Gasteiger partial charge in [0.15, 0.2) is 0 Å². The molecule has 0 aliphatic rings. The van der Waals surface area contributed by atoms with Gasteiger partial charge in [-0.1, -0.05) is 35.9 Å². The van der Waals surface area contributed by atoms with Gasteiger partial charge in [0, 0.05) is 10.6 Å². The second-order valence-corrected chi connectivity index (χ2v) is 4.35. The van der Waals surface area contributed by atoms with Crippen LogP contribution in [0.25, 0.3) is 22.0 Å². The first kappa shape index (κ1) is 11.0. The number of hydrogen-bond donors (Lipinski definition) is 1. The number of fused-ring (bicyclic) bond motifs is 1. The molecule has 1 heterocycles. The lowest BCUT2D eigenvalue weighted by molar-refractivity contribution is 1.17. The monoisotopic (exact) mass is 256 g/mol. The highest BCUT2D eigenvalue weighted by Gasteiger charge is 2.05. The highest BCUT2D eigenvalue weighted by molar-refractivity contribution is 6.33. The molecular formula is C14H9ClN2O. The summed E-state index contributed by atoms with van der Waals surface area (Å²) in [6.45, 7) is 0. The van der Waals surface area contributed by atoms with Crippen LogP contribution >= 0.6 is 11.6 Å². The topological polar surface area (TPSA) is 45.8 Å². The predicted molar refractivity (Wildman–Crippen MR) is 72.8 cm³/mol. The maximum Gasteiger partial charge on any atom is 0.258 e. The summed E-state index contributed by atoms with van der Waals surface area (Å²) in [4.78, 5) is 18.3. The van der Waals surface area contributed by atoms with Crippen molar-refractivity contribution in [1.29, 1.82) is 0 Å². The van der Waals surface area contributed by atoms with Crippen molar-refractivity contribution in [2.75, 3.05) is 0 Å². The molecular weight excluding hydrogens is 248 g/mol. The molecule has 18 heavy (non-hydrogen) atoms. The second-order valence-electron chi connectivity index (χ2n) is 3.94. The summed E-state index contributed by atoms with van der Waals surface area (Å²) in [7, 11) is 0. The third kappa shape index (κ3) is 1.79. The minimum atomic E-state index is -0.134. The van der Waals surface area contributed by atoms with Crippen LogP contribution in [0.5, 0.6) is 0 Å². The van der Waals surface area contributed by atoms with Gasteiger partial charge in [0.25, 0.3) is 5.56 Å². The van der Waals surface area contributed by atoms with Gasteiger partial charge < -0.3 is 4.98 Å². The standard InChI is InChI=1S/C14H9ClN2O/c15-12-4-2-1-3-10(12)9-5-6-11-13(7-9)16-8-17-14(11)18/h1-8H,(H,16,17,18). The molecule has 0 atom stereocenters. The number of aromatic amines is 1. The van der Waals surface area contributed by atoms with Gasteiger partial charge in [0.2, 0.25) is 0 Å². The molecule has 0 aliphatic carbocycles. The molecule has 0 saturated heterocycles. The van der Waals surface area contributed by atoms with E-state index in [4.69, 9.17) is 11.6 Å². The Hall–Kier alpha value is -2.13. The molecule has 3 aromatic rings. The summed E-state index contributed by atoms with van der Waals surface area (Å²) in [6, 6.07) is 13.1. The van der Waals surface area contributed by atoms with Crippen molar-refractivity contribution < 1.29 is 0 Å². The van der Waals surface area contributed by atoms with Crippen LogP contribution in [0.2, 0.25) is 5.02 Å². The number of aromatic nitrogens is 2. The number of nitrogens with one attached hydrogen (secondary N) is 1. The van der Waals surface area contributed by atoms with Crippen LogP contribution in [-0.2, 0) is 0 Å². The Morgan fingerprint density at radius 3 is 2.78 bits per heavy atom. The summed E-state index contributed by atoms with van der Waals surface area (Å²) in [6.07, 6.45) is 1.40. The Morgan fingerprint density at radius 1 is 1.11 bits per heavy atom. The quantitative estimate of drug-likeness (QED) is 0.726. The van der Waals surface area contributed by atoms with Crippen molar-refractivity contribution in [1.82, 2.24) is 9.97 Å². The number of hydrogen-bond acceptors (Lipinski definition) is 2. The van der Waals surface area contributed by atoms with Crippen LogP contribution in [-0.4, -0.2) is 9.97 Å². The molecule has 2 aromatic carbocycles. The largest absolute Gasteiger partial charge is 0.313 e. The molecule has 1 aromatic heterocycles. The minimum absolute atomic E-state index is 0.134. The van der Waals surface area contributed by atoms with Gasteiger partial charge in [0.05, 0.1) is 17.2 Å². The van der Waals surface area contributed by atoms with Crippen molar-refractivity contribution in [2.24, 2.45) is 0 Å². The molecule has 88 valence electrons. The van der Waals surface area contributed by atoms with E-state index in [9.17, 15) is 4.79 Å². The summed E-state index contributed by atoms with van der Waals surface area (Å²) in [5.74, 6) is 0. The lowest BCUT2D eigenvalue weighted by atomic mass is 10.0. The molecule has 0 unspecified atom stereocenters. The highest BCUT2D eigenvalue weighted by atomic mass is 35.5. The maximum atomic E-state index is 11.6. The van der Waals surface area contributed by atoms with Crippen LogP contribution in [0.3, 0.4) is 0 Å². The van der Waals surface area contributed by atoms with E-state index in [2.05, 4.69) is 9.97 Å². The van der Waals surface area contributed by atoms with Crippen molar-refractivity contribution in [3.8, 4) is 11.1 Å². The van der Waals surface area contributed by atoms with E-state index in [1.807, 2.05) is 36.4 Å². The molecule has 1 N–H and O–H groups in total. The van der Waals surface area contributed by atoms with E-state index >= 15 is 0 Å². The summed E-state index contributed by atoms with van der Waals surface area (Å²) in [5.41, 5.74) is 2.41. The molecule has 0 spiro atoms. The van der Waals surface area contributed by atoms with Crippen LogP contribution < -0.4 is 5.56 Å². The van der Waals surface area contributed by atoms with Gasteiger partial charge in [-0.3, -0.25) is 4.79 Å². The SMILES string of the molecule is O=c1[nH]cnc2cc(-c3ccccc3Cl)ccc12. The Bertz CT molecular complexity index is 780. The lowest BCUT2D eigenvalue weighted by Gasteiger charge is -2.05. The van der Waals surface area contributed by atoms with Gasteiger partial charge in [-0.15, -0.1) is 0 Å². The van der Waals surface area contributed by atoms with E-state index in [0.717, 1.165) is 11.1 Å². The normalized spacial score (nSPS) is 10.7. The summed E-state index contributed by atoms with van der Waals surface area (Å²) in [5, 5.41) is 1.26. The average molecular weight is 257 g/mol. The van der Waals surface area contributed by atoms with E-state index < -0.39 is 0 Å². The molecule has 0 aliphatic heterocycles. The molecule has 0 bridgehead atoms. The Kier molecular flexibility index (Phi) is 2.61. The van der Waals surface area contributed by atoms with Crippen molar-refractivity contribution >= 4 is 22.5 Å². The van der Waals surface area contributed by atoms with E-state index in [1.165, 1.54) is 6.33 Å². The molecule has 4 heteroatoms. The number of rotatable bonds is 1. The van der Waals surface area contributed by atoms with Crippen LogP contribution in [0.4, 0.5) is 0 Å². The van der Waals surface area contributed by atoms with Gasteiger partial charge in [-0.05, 0) is 23.8 Å². The number of H-pyrrole nitrogens is 1. The van der Waals surface area contributed by atoms with Crippen molar-refractivity contribution in [3.63, 3.8) is 0 Å². The molecule has 0 amide bonds. The average Bonchev–Trinajstić information content (AvgIpc) is 2.39. The smallest absolute Gasteiger partial charge is 0.258 e. The Labute approximate surface area is 108 Å². The second kappa shape index (κ2) is 4.27. The predicted octanol–water partition coefficient (Wildman–Crippen LogP) is 3.24. The number of benzene rings is 2. The fourth-order valence-corrected chi connectivity index (χ4v) is 2.18. The van der Waals surface area contributed by atoms with E-state index in [1.54, 1.807) is 6.07 Å². The van der Waals surface area contributed by atoms with Crippen molar-refractivity contribution in [2.45, 2.75) is 0 Å². The van der Waals surface area contributed by atoms with Gasteiger partial charge in [-0.2, -0.15) is 0 Å². The minimum Gasteiger partial charge on any atom is -0.313 e. The fourth-order valence-electron chi connectivity index (χ4n) is 1.93. The first-order valence-corrected chi connectivity index (χ1v) is 5.86. The number of halogens is 1. The lowest BCUT2D eigenvalue weighted by Crippen LogP contribution is -2.05. The zero-order chi connectivity index (χ0) is 12.5. The van der Waals surface area contributed by atoms with Crippen LogP contribution in [0.1, 0.15) is 0 Å².